The van der Waals surface area contributed by atoms with Crippen LogP contribution in [0.2, 0.25) is 5.02 Å². The monoisotopic (exact) mass is 263 g/mol. The molecule has 0 radical (unpaired) electrons. The molecule has 0 unspecified atom stereocenters. The number of aromatic nitrogens is 2. The maximum Gasteiger partial charge on any atom is 0.337 e. The van der Waals surface area contributed by atoms with Gasteiger partial charge in [-0.05, 0) is 24.3 Å². The molecule has 2 aromatic rings. The van der Waals surface area contributed by atoms with Gasteiger partial charge in [0.1, 0.15) is 6.33 Å². The van der Waals surface area contributed by atoms with Gasteiger partial charge >= 0.3 is 5.97 Å². The lowest BCUT2D eigenvalue weighted by molar-refractivity contribution is 0.0697. The van der Waals surface area contributed by atoms with E-state index in [2.05, 4.69) is 15.3 Å². The third-order valence-electron chi connectivity index (χ3n) is 2.31. The molecule has 5 nitrogen and oxygen atoms in total. The highest BCUT2D eigenvalue weighted by molar-refractivity contribution is 6.33. The Labute approximate surface area is 108 Å². The van der Waals surface area contributed by atoms with Gasteiger partial charge in [-0.15, -0.1) is 0 Å². The highest BCUT2D eigenvalue weighted by Gasteiger charge is 2.09. The van der Waals surface area contributed by atoms with E-state index in [0.717, 1.165) is 5.69 Å². The molecule has 2 N–H and O–H groups in total. The van der Waals surface area contributed by atoms with Gasteiger partial charge in [-0.2, -0.15) is 0 Å². The first-order valence-electron chi connectivity index (χ1n) is 5.18. The number of nitrogens with one attached hydrogen (secondary N) is 1. The minimum atomic E-state index is -1.05. The first-order valence-corrected chi connectivity index (χ1v) is 5.56. The van der Waals surface area contributed by atoms with Crippen LogP contribution < -0.4 is 5.32 Å². The van der Waals surface area contributed by atoms with Crippen LogP contribution in [-0.4, -0.2) is 21.0 Å². The van der Waals surface area contributed by atoms with Crippen molar-refractivity contribution in [1.29, 1.82) is 0 Å². The fourth-order valence-corrected chi connectivity index (χ4v) is 1.61. The second kappa shape index (κ2) is 5.46. The minimum Gasteiger partial charge on any atom is -0.478 e. The number of aromatic carboxylic acids is 1. The highest BCUT2D eigenvalue weighted by atomic mass is 35.5. The lowest BCUT2D eigenvalue weighted by Crippen LogP contribution is -2.04. The van der Waals surface area contributed by atoms with E-state index in [0.29, 0.717) is 12.2 Å². The third-order valence-corrected chi connectivity index (χ3v) is 2.64. The molecule has 0 atom stereocenters. The second-order valence-electron chi connectivity index (χ2n) is 3.55. The molecular weight excluding hydrogens is 254 g/mol. The third kappa shape index (κ3) is 2.95. The van der Waals surface area contributed by atoms with Crippen LogP contribution in [0.25, 0.3) is 0 Å². The SMILES string of the molecule is O=C(O)c1cc(NCc2ccncn2)ccc1Cl. The smallest absolute Gasteiger partial charge is 0.337 e. The Morgan fingerprint density at radius 2 is 2.22 bits per heavy atom. The summed E-state index contributed by atoms with van der Waals surface area (Å²) in [5.74, 6) is -1.05. The zero-order chi connectivity index (χ0) is 13.0. The van der Waals surface area contributed by atoms with Crippen molar-refractivity contribution in [3.8, 4) is 0 Å². The topological polar surface area (TPSA) is 75.1 Å². The fourth-order valence-electron chi connectivity index (χ4n) is 1.41. The van der Waals surface area contributed by atoms with Crippen molar-refractivity contribution in [2.75, 3.05) is 5.32 Å². The van der Waals surface area contributed by atoms with Crippen molar-refractivity contribution in [3.63, 3.8) is 0 Å². The highest BCUT2D eigenvalue weighted by Crippen LogP contribution is 2.20. The Morgan fingerprint density at radius 1 is 1.39 bits per heavy atom. The standard InChI is InChI=1S/C12H10ClN3O2/c13-11-2-1-8(5-10(11)12(17)18)15-6-9-3-4-14-7-16-9/h1-5,7,15H,6H2,(H,17,18). The summed E-state index contributed by atoms with van der Waals surface area (Å²) in [4.78, 5) is 18.8. The van der Waals surface area contributed by atoms with E-state index in [1.54, 1.807) is 24.4 Å². The molecule has 0 saturated heterocycles. The van der Waals surface area contributed by atoms with E-state index in [1.165, 1.54) is 12.4 Å². The van der Waals surface area contributed by atoms with Gasteiger partial charge in [-0.25, -0.2) is 14.8 Å². The minimum absolute atomic E-state index is 0.0735. The number of anilines is 1. The van der Waals surface area contributed by atoms with Crippen LogP contribution in [-0.2, 0) is 6.54 Å². The summed E-state index contributed by atoms with van der Waals surface area (Å²) in [5, 5.41) is 12.2. The second-order valence-corrected chi connectivity index (χ2v) is 3.96. The van der Waals surface area contributed by atoms with Crippen LogP contribution >= 0.6 is 11.6 Å². The molecule has 1 heterocycles. The summed E-state index contributed by atoms with van der Waals surface area (Å²) in [6.45, 7) is 0.489. The van der Waals surface area contributed by atoms with Crippen LogP contribution in [0.5, 0.6) is 0 Å². The molecule has 0 aliphatic heterocycles. The van der Waals surface area contributed by atoms with Gasteiger partial charge in [-0.3, -0.25) is 0 Å². The number of carboxylic acid groups (broad SMARTS) is 1. The van der Waals surface area contributed by atoms with Crippen molar-refractivity contribution in [1.82, 2.24) is 9.97 Å². The van der Waals surface area contributed by atoms with Crippen molar-refractivity contribution in [2.24, 2.45) is 0 Å². The van der Waals surface area contributed by atoms with E-state index in [4.69, 9.17) is 16.7 Å². The predicted octanol–water partition coefficient (Wildman–Crippen LogP) is 2.44. The van der Waals surface area contributed by atoms with Crippen molar-refractivity contribution < 1.29 is 9.90 Å². The molecule has 0 bridgehead atoms. The molecule has 0 spiro atoms. The summed E-state index contributed by atoms with van der Waals surface area (Å²) in [6, 6.07) is 6.54. The molecule has 92 valence electrons. The Balaban J connectivity index is 2.11. The number of hydrogen-bond acceptors (Lipinski definition) is 4. The summed E-state index contributed by atoms with van der Waals surface area (Å²) < 4.78 is 0. The molecule has 2 rings (SSSR count). The van der Waals surface area contributed by atoms with Gasteiger partial charge in [0.15, 0.2) is 0 Å². The summed E-state index contributed by atoms with van der Waals surface area (Å²) >= 11 is 5.78. The number of hydrogen-bond donors (Lipinski definition) is 2. The maximum absolute atomic E-state index is 10.9. The van der Waals surface area contributed by atoms with Gasteiger partial charge in [-0.1, -0.05) is 11.6 Å². The van der Waals surface area contributed by atoms with Gasteiger partial charge in [0.2, 0.25) is 0 Å². The normalized spacial score (nSPS) is 10.1. The number of carboxylic acids is 1. The van der Waals surface area contributed by atoms with Crippen LogP contribution in [0.15, 0.2) is 36.8 Å². The molecule has 18 heavy (non-hydrogen) atoms. The average molecular weight is 264 g/mol. The Hall–Kier alpha value is -2.14. The molecule has 0 amide bonds. The largest absolute Gasteiger partial charge is 0.478 e. The van der Waals surface area contributed by atoms with Crippen molar-refractivity contribution >= 4 is 23.3 Å². The Kier molecular flexibility index (Phi) is 3.74. The van der Waals surface area contributed by atoms with Crippen LogP contribution in [0.3, 0.4) is 0 Å². The maximum atomic E-state index is 10.9. The first-order chi connectivity index (χ1) is 8.66. The van der Waals surface area contributed by atoms with Gasteiger partial charge < -0.3 is 10.4 Å². The summed E-state index contributed by atoms with van der Waals surface area (Å²) in [7, 11) is 0. The van der Waals surface area contributed by atoms with E-state index in [1.807, 2.05) is 0 Å². The molecule has 1 aromatic carbocycles. The first kappa shape index (κ1) is 12.3. The molecule has 6 heteroatoms. The van der Waals surface area contributed by atoms with Gasteiger partial charge in [0.25, 0.3) is 0 Å². The Morgan fingerprint density at radius 3 is 2.89 bits per heavy atom. The summed E-state index contributed by atoms with van der Waals surface area (Å²) in [5.41, 5.74) is 1.57. The van der Waals surface area contributed by atoms with Crippen LogP contribution in [0.4, 0.5) is 5.69 Å². The van der Waals surface area contributed by atoms with E-state index in [-0.39, 0.29) is 10.6 Å². The van der Waals surface area contributed by atoms with Gasteiger partial charge in [0.05, 0.1) is 22.8 Å². The Bertz CT molecular complexity index is 561. The number of benzene rings is 1. The zero-order valence-corrected chi connectivity index (χ0v) is 10.1. The van der Waals surface area contributed by atoms with E-state index < -0.39 is 5.97 Å². The zero-order valence-electron chi connectivity index (χ0n) is 9.30. The number of nitrogens with zero attached hydrogens (tertiary/aromatic N) is 2. The van der Waals surface area contributed by atoms with Crippen molar-refractivity contribution in [3.05, 3.63) is 53.1 Å². The molecule has 0 aliphatic rings. The van der Waals surface area contributed by atoms with E-state index in [9.17, 15) is 4.79 Å². The lowest BCUT2D eigenvalue weighted by Gasteiger charge is -2.07. The lowest BCUT2D eigenvalue weighted by atomic mass is 10.2. The average Bonchev–Trinajstić information content (AvgIpc) is 2.38. The fraction of sp³-hybridized carbons (Fsp3) is 0.0833. The van der Waals surface area contributed by atoms with Crippen molar-refractivity contribution in [2.45, 2.75) is 6.54 Å². The quantitative estimate of drug-likeness (QED) is 0.886. The molecule has 1 aromatic heterocycles. The van der Waals surface area contributed by atoms with Gasteiger partial charge in [0, 0.05) is 11.9 Å². The molecule has 0 aliphatic carbocycles. The summed E-state index contributed by atoms with van der Waals surface area (Å²) in [6.07, 6.45) is 3.11. The number of carbonyl (C=O) groups is 1. The molecule has 0 fully saturated rings. The number of rotatable bonds is 4. The van der Waals surface area contributed by atoms with Crippen LogP contribution in [0.1, 0.15) is 16.1 Å². The molecule has 0 saturated carbocycles. The predicted molar refractivity (Wildman–Crippen MR) is 67.8 cm³/mol. The molecular formula is C12H10ClN3O2. The van der Waals surface area contributed by atoms with E-state index >= 15 is 0 Å². The number of halogens is 1. The van der Waals surface area contributed by atoms with Crippen LogP contribution in [0, 0.1) is 0 Å².